The highest BCUT2D eigenvalue weighted by atomic mass is 32.2. The minimum atomic E-state index is -1.04. The van der Waals surface area contributed by atoms with E-state index in [1.807, 2.05) is 62.4 Å². The number of thioether (sulfide) groups is 1. The van der Waals surface area contributed by atoms with Crippen LogP contribution >= 0.6 is 11.8 Å². The highest BCUT2D eigenvalue weighted by molar-refractivity contribution is 8.19. The zero-order valence-corrected chi connectivity index (χ0v) is 19.0. The minimum absolute atomic E-state index is 0.146. The van der Waals surface area contributed by atoms with Crippen molar-refractivity contribution in [3.63, 3.8) is 0 Å². The number of carboxylic acids is 1. The Balaban J connectivity index is 1.69. The van der Waals surface area contributed by atoms with E-state index in [2.05, 4.69) is 0 Å². The maximum absolute atomic E-state index is 13.5. The summed E-state index contributed by atoms with van der Waals surface area (Å²) in [7, 11) is 0. The van der Waals surface area contributed by atoms with Gasteiger partial charge in [0.15, 0.2) is 11.8 Å². The van der Waals surface area contributed by atoms with Crippen LogP contribution in [0.1, 0.15) is 16.7 Å². The van der Waals surface area contributed by atoms with Crippen molar-refractivity contribution in [3.05, 3.63) is 94.4 Å². The summed E-state index contributed by atoms with van der Waals surface area (Å²) in [4.78, 5) is 31.2. The third kappa shape index (κ3) is 5.15. The summed E-state index contributed by atoms with van der Waals surface area (Å²) in [5, 5.41) is 9.34. The highest BCUT2D eigenvalue weighted by Gasteiger charge is 2.35. The predicted octanol–water partition coefficient (Wildman–Crippen LogP) is 5.58. The van der Waals surface area contributed by atoms with Gasteiger partial charge in [0.1, 0.15) is 5.75 Å². The van der Waals surface area contributed by atoms with E-state index in [-0.39, 0.29) is 5.91 Å². The topological polar surface area (TPSA) is 79.2 Å². The Hall–Kier alpha value is -3.84. The molecule has 166 valence electrons. The second-order valence-electron chi connectivity index (χ2n) is 7.47. The van der Waals surface area contributed by atoms with Crippen molar-refractivity contribution in [2.75, 3.05) is 11.5 Å². The third-order valence-corrected chi connectivity index (χ3v) is 6.00. The number of ether oxygens (including phenoxy) is 1. The Kier molecular flexibility index (Phi) is 6.60. The highest BCUT2D eigenvalue weighted by Crippen LogP contribution is 2.38. The van der Waals surface area contributed by atoms with Crippen LogP contribution in [-0.2, 0) is 9.59 Å². The number of amidine groups is 1. The number of hydrogen-bond donors (Lipinski definition) is 1. The predicted molar refractivity (Wildman–Crippen MR) is 132 cm³/mol. The van der Waals surface area contributed by atoms with Crippen LogP contribution in [-0.4, -0.2) is 28.8 Å². The minimum Gasteiger partial charge on any atom is -0.482 e. The zero-order valence-electron chi connectivity index (χ0n) is 18.2. The standard InChI is InChI=1S/C26H22N2O4S/c1-17-7-3-5-9-21(17)27-26-28(22-10-6-4-8-18(22)2)25(31)23(33-26)15-19-11-13-20(14-12-19)32-16-24(29)30/h3-15H,16H2,1-2H3,(H,29,30)/b23-15+,27-26?. The summed E-state index contributed by atoms with van der Waals surface area (Å²) >= 11 is 1.33. The van der Waals surface area contributed by atoms with Crippen molar-refractivity contribution in [2.45, 2.75) is 13.8 Å². The van der Waals surface area contributed by atoms with Gasteiger partial charge in [-0.2, -0.15) is 0 Å². The first-order valence-electron chi connectivity index (χ1n) is 10.3. The number of aliphatic imine (C=N–C) groups is 1. The van der Waals surface area contributed by atoms with Crippen molar-refractivity contribution in [3.8, 4) is 5.75 Å². The second-order valence-corrected chi connectivity index (χ2v) is 8.48. The lowest BCUT2D eigenvalue weighted by Crippen LogP contribution is -2.29. The van der Waals surface area contributed by atoms with Crippen molar-refractivity contribution in [1.29, 1.82) is 0 Å². The average molecular weight is 459 g/mol. The average Bonchev–Trinajstić information content (AvgIpc) is 3.09. The van der Waals surface area contributed by atoms with Gasteiger partial charge in [0.2, 0.25) is 0 Å². The Morgan fingerprint density at radius 2 is 1.67 bits per heavy atom. The maximum atomic E-state index is 13.5. The molecule has 3 aromatic carbocycles. The summed E-state index contributed by atoms with van der Waals surface area (Å²) in [6.07, 6.45) is 1.81. The number of aliphatic carboxylic acids is 1. The number of carbonyl (C=O) groups is 2. The Labute approximate surface area is 196 Å². The van der Waals surface area contributed by atoms with Gasteiger partial charge in [0, 0.05) is 0 Å². The maximum Gasteiger partial charge on any atom is 0.341 e. The number of carbonyl (C=O) groups excluding carboxylic acids is 1. The third-order valence-electron chi connectivity index (χ3n) is 5.03. The largest absolute Gasteiger partial charge is 0.482 e. The van der Waals surface area contributed by atoms with Crippen LogP contribution in [0.15, 0.2) is 82.7 Å². The number of para-hydroxylation sites is 2. The molecule has 1 aliphatic rings. The van der Waals surface area contributed by atoms with Crippen LogP contribution in [0.25, 0.3) is 6.08 Å². The van der Waals surface area contributed by atoms with Crippen molar-refractivity contribution >= 4 is 46.3 Å². The number of nitrogens with zero attached hydrogens (tertiary/aromatic N) is 2. The molecule has 0 bridgehead atoms. The molecule has 1 heterocycles. The number of carboxylic acid groups (broad SMARTS) is 1. The Morgan fingerprint density at radius 1 is 1.00 bits per heavy atom. The van der Waals surface area contributed by atoms with E-state index in [0.717, 1.165) is 28.1 Å². The van der Waals surface area contributed by atoms with E-state index in [4.69, 9.17) is 14.8 Å². The molecule has 0 unspecified atom stereocenters. The summed E-state index contributed by atoms with van der Waals surface area (Å²) in [5.41, 5.74) is 4.41. The van der Waals surface area contributed by atoms with Crippen molar-refractivity contribution in [2.24, 2.45) is 4.99 Å². The lowest BCUT2D eigenvalue weighted by molar-refractivity contribution is -0.139. The Bertz CT molecular complexity index is 1270. The molecule has 0 aromatic heterocycles. The number of benzene rings is 3. The number of anilines is 1. The van der Waals surface area contributed by atoms with Gasteiger partial charge in [-0.1, -0.05) is 48.5 Å². The number of aryl methyl sites for hydroxylation is 2. The smallest absolute Gasteiger partial charge is 0.341 e. The van der Waals surface area contributed by atoms with Crippen molar-refractivity contribution < 1.29 is 19.4 Å². The van der Waals surface area contributed by atoms with Gasteiger partial charge in [0.25, 0.3) is 5.91 Å². The molecule has 33 heavy (non-hydrogen) atoms. The van der Waals surface area contributed by atoms with E-state index < -0.39 is 12.6 Å². The van der Waals surface area contributed by atoms with E-state index in [1.54, 1.807) is 35.2 Å². The molecule has 0 aliphatic carbocycles. The van der Waals surface area contributed by atoms with E-state index >= 15 is 0 Å². The van der Waals surface area contributed by atoms with Crippen LogP contribution in [0, 0.1) is 13.8 Å². The molecule has 0 radical (unpaired) electrons. The molecule has 4 rings (SSSR count). The van der Waals surface area contributed by atoms with E-state index in [0.29, 0.717) is 15.8 Å². The molecule has 0 saturated carbocycles. The first-order valence-corrected chi connectivity index (χ1v) is 11.1. The molecule has 1 amide bonds. The van der Waals surface area contributed by atoms with E-state index in [9.17, 15) is 9.59 Å². The Morgan fingerprint density at radius 3 is 2.33 bits per heavy atom. The fourth-order valence-corrected chi connectivity index (χ4v) is 4.31. The summed E-state index contributed by atoms with van der Waals surface area (Å²) < 4.78 is 5.18. The van der Waals surface area contributed by atoms with Gasteiger partial charge in [-0.3, -0.25) is 9.69 Å². The normalized spacial score (nSPS) is 15.9. The van der Waals surface area contributed by atoms with Crippen LogP contribution in [0.4, 0.5) is 11.4 Å². The molecular formula is C26H22N2O4S. The van der Waals surface area contributed by atoms with Crippen LogP contribution in [0.3, 0.4) is 0 Å². The first kappa shape index (κ1) is 22.4. The second kappa shape index (κ2) is 9.75. The molecule has 1 N–H and O–H groups in total. The SMILES string of the molecule is Cc1ccccc1N=C1S/C(=C/c2ccc(OCC(=O)O)cc2)C(=O)N1c1ccccc1C. The number of rotatable bonds is 6. The van der Waals surface area contributed by atoms with Gasteiger partial charge in [-0.15, -0.1) is 0 Å². The molecule has 0 atom stereocenters. The summed E-state index contributed by atoms with van der Waals surface area (Å²) in [6.45, 7) is 3.55. The fraction of sp³-hybridized carbons (Fsp3) is 0.115. The number of hydrogen-bond acceptors (Lipinski definition) is 5. The monoisotopic (exact) mass is 458 g/mol. The van der Waals surface area contributed by atoms with Crippen molar-refractivity contribution in [1.82, 2.24) is 0 Å². The van der Waals surface area contributed by atoms with Gasteiger partial charge in [-0.25, -0.2) is 9.79 Å². The lowest BCUT2D eigenvalue weighted by atomic mass is 10.1. The summed E-state index contributed by atoms with van der Waals surface area (Å²) in [6, 6.07) is 22.5. The first-order chi connectivity index (χ1) is 15.9. The zero-order chi connectivity index (χ0) is 23.4. The van der Waals surface area contributed by atoms with Gasteiger partial charge in [0.05, 0.1) is 16.3 Å². The van der Waals surface area contributed by atoms with Crippen LogP contribution < -0.4 is 9.64 Å². The molecule has 3 aromatic rings. The fourth-order valence-electron chi connectivity index (χ4n) is 3.32. The van der Waals surface area contributed by atoms with Crippen LogP contribution in [0.2, 0.25) is 0 Å². The lowest BCUT2D eigenvalue weighted by Gasteiger charge is -2.18. The molecule has 1 fully saturated rings. The van der Waals surface area contributed by atoms with Gasteiger partial charge < -0.3 is 9.84 Å². The van der Waals surface area contributed by atoms with Gasteiger partial charge >= 0.3 is 5.97 Å². The van der Waals surface area contributed by atoms with Gasteiger partial charge in [-0.05, 0) is 72.6 Å². The molecule has 0 spiro atoms. The van der Waals surface area contributed by atoms with E-state index in [1.165, 1.54) is 11.8 Å². The quantitative estimate of drug-likeness (QED) is 0.488. The molecule has 6 nitrogen and oxygen atoms in total. The van der Waals surface area contributed by atoms with Crippen LogP contribution in [0.5, 0.6) is 5.75 Å². The summed E-state index contributed by atoms with van der Waals surface area (Å²) in [5.74, 6) is -0.730. The molecule has 7 heteroatoms. The molecule has 1 aliphatic heterocycles. The molecular weight excluding hydrogens is 436 g/mol. The molecule has 1 saturated heterocycles. The number of amides is 1.